The predicted octanol–water partition coefficient (Wildman–Crippen LogP) is 1.39. The molecule has 0 bridgehead atoms. The summed E-state index contributed by atoms with van der Waals surface area (Å²) >= 11 is 0. The van der Waals surface area contributed by atoms with Crippen molar-refractivity contribution in [3.8, 4) is 11.5 Å². The molecule has 0 aromatic carbocycles. The van der Waals surface area contributed by atoms with Crippen LogP contribution in [0.3, 0.4) is 0 Å². The van der Waals surface area contributed by atoms with E-state index in [0.29, 0.717) is 30.5 Å². The van der Waals surface area contributed by atoms with Gasteiger partial charge in [-0.25, -0.2) is 9.97 Å². The normalized spacial score (nSPS) is 14.7. The quantitative estimate of drug-likeness (QED) is 0.640. The molecule has 27 heavy (non-hydrogen) atoms. The Kier molecular flexibility index (Phi) is 5.31. The van der Waals surface area contributed by atoms with E-state index in [9.17, 15) is 0 Å². The Labute approximate surface area is 157 Å². The standard InChI is InChI=1S/C18H21N7O2/c1-24(13-16-22-17(23-27-16)15-4-2-3-5-19-15)12-14-10-20-18(21-11-14)25-6-8-26-9-7-25/h2-5,10-11H,6-9,12-13H2,1H3. The number of aromatic nitrogens is 5. The van der Waals surface area contributed by atoms with Crippen LogP contribution in [0, 0.1) is 0 Å². The molecule has 9 nitrogen and oxygen atoms in total. The lowest BCUT2D eigenvalue weighted by Gasteiger charge is -2.26. The fourth-order valence-corrected chi connectivity index (χ4v) is 2.87. The summed E-state index contributed by atoms with van der Waals surface area (Å²) in [5.74, 6) is 1.79. The lowest BCUT2D eigenvalue weighted by molar-refractivity contribution is 0.122. The van der Waals surface area contributed by atoms with Crippen molar-refractivity contribution in [2.45, 2.75) is 13.1 Å². The number of hydrogen-bond donors (Lipinski definition) is 0. The maximum Gasteiger partial charge on any atom is 0.241 e. The molecule has 0 unspecified atom stereocenters. The Morgan fingerprint density at radius 3 is 2.63 bits per heavy atom. The van der Waals surface area contributed by atoms with Crippen molar-refractivity contribution in [3.63, 3.8) is 0 Å². The van der Waals surface area contributed by atoms with Gasteiger partial charge in [0.15, 0.2) is 0 Å². The Balaban J connectivity index is 1.34. The van der Waals surface area contributed by atoms with E-state index in [1.54, 1.807) is 6.20 Å². The summed E-state index contributed by atoms with van der Waals surface area (Å²) in [5, 5.41) is 3.99. The van der Waals surface area contributed by atoms with Gasteiger partial charge in [-0.2, -0.15) is 4.98 Å². The second kappa shape index (κ2) is 8.19. The molecule has 9 heteroatoms. The molecular weight excluding hydrogens is 346 g/mol. The van der Waals surface area contributed by atoms with Crippen molar-refractivity contribution in [1.82, 2.24) is 30.0 Å². The zero-order valence-electron chi connectivity index (χ0n) is 15.2. The van der Waals surface area contributed by atoms with Crippen molar-refractivity contribution in [2.75, 3.05) is 38.3 Å². The van der Waals surface area contributed by atoms with E-state index in [2.05, 4.69) is 34.9 Å². The third-order valence-corrected chi connectivity index (χ3v) is 4.21. The minimum atomic E-state index is 0.497. The molecule has 140 valence electrons. The van der Waals surface area contributed by atoms with Crippen molar-refractivity contribution in [3.05, 3.63) is 48.2 Å². The molecule has 4 rings (SSSR count). The molecule has 1 fully saturated rings. The van der Waals surface area contributed by atoms with Gasteiger partial charge >= 0.3 is 0 Å². The highest BCUT2D eigenvalue weighted by atomic mass is 16.5. The molecule has 0 atom stereocenters. The zero-order chi connectivity index (χ0) is 18.5. The highest BCUT2D eigenvalue weighted by Crippen LogP contribution is 2.14. The van der Waals surface area contributed by atoms with Crippen LogP contribution in [0.5, 0.6) is 0 Å². The predicted molar refractivity (Wildman–Crippen MR) is 97.8 cm³/mol. The summed E-state index contributed by atoms with van der Waals surface area (Å²) in [6.45, 7) is 4.32. The largest absolute Gasteiger partial charge is 0.378 e. The Morgan fingerprint density at radius 1 is 1.07 bits per heavy atom. The van der Waals surface area contributed by atoms with Crippen LogP contribution in [-0.4, -0.2) is 63.3 Å². The lowest BCUT2D eigenvalue weighted by atomic mass is 10.3. The minimum Gasteiger partial charge on any atom is -0.378 e. The molecule has 0 aliphatic carbocycles. The first-order valence-electron chi connectivity index (χ1n) is 8.84. The summed E-state index contributed by atoms with van der Waals surface area (Å²) in [7, 11) is 1.99. The summed E-state index contributed by atoms with van der Waals surface area (Å²) in [6.07, 6.45) is 5.43. The molecule has 0 radical (unpaired) electrons. The number of hydrogen-bond acceptors (Lipinski definition) is 9. The van der Waals surface area contributed by atoms with Crippen molar-refractivity contribution < 1.29 is 9.26 Å². The lowest BCUT2D eigenvalue weighted by Crippen LogP contribution is -2.37. The van der Waals surface area contributed by atoms with Gasteiger partial charge in [0.05, 0.1) is 19.8 Å². The van der Waals surface area contributed by atoms with E-state index in [4.69, 9.17) is 9.26 Å². The van der Waals surface area contributed by atoms with Gasteiger partial charge < -0.3 is 14.2 Å². The van der Waals surface area contributed by atoms with E-state index < -0.39 is 0 Å². The number of ether oxygens (including phenoxy) is 1. The third-order valence-electron chi connectivity index (χ3n) is 4.21. The summed E-state index contributed by atoms with van der Waals surface area (Å²) in [4.78, 5) is 21.8. The Bertz CT molecular complexity index is 848. The first-order valence-corrected chi connectivity index (χ1v) is 8.84. The molecule has 3 aromatic heterocycles. The number of nitrogens with zero attached hydrogens (tertiary/aromatic N) is 7. The van der Waals surface area contributed by atoms with Crippen LogP contribution in [0.2, 0.25) is 0 Å². The second-order valence-electron chi connectivity index (χ2n) is 6.39. The van der Waals surface area contributed by atoms with Crippen LogP contribution in [-0.2, 0) is 17.8 Å². The number of morpholine rings is 1. The molecule has 0 spiro atoms. The van der Waals surface area contributed by atoms with E-state index in [1.807, 2.05) is 37.6 Å². The maximum atomic E-state index is 5.36. The number of anilines is 1. The summed E-state index contributed by atoms with van der Waals surface area (Å²) < 4.78 is 10.7. The van der Waals surface area contributed by atoms with Crippen LogP contribution in [0.1, 0.15) is 11.5 Å². The van der Waals surface area contributed by atoms with Gasteiger partial charge in [-0.15, -0.1) is 0 Å². The molecule has 1 aliphatic heterocycles. The zero-order valence-corrected chi connectivity index (χ0v) is 15.2. The smallest absolute Gasteiger partial charge is 0.241 e. The Hall–Kier alpha value is -2.91. The van der Waals surface area contributed by atoms with Crippen molar-refractivity contribution >= 4 is 5.95 Å². The molecule has 3 aromatic rings. The summed E-state index contributed by atoms with van der Waals surface area (Å²) in [6, 6.07) is 5.60. The van der Waals surface area contributed by atoms with E-state index in [1.165, 1.54) is 0 Å². The fourth-order valence-electron chi connectivity index (χ4n) is 2.87. The van der Waals surface area contributed by atoms with Crippen LogP contribution in [0.25, 0.3) is 11.5 Å². The molecule has 4 heterocycles. The number of rotatable bonds is 6. The first-order chi connectivity index (χ1) is 13.3. The van der Waals surface area contributed by atoms with E-state index >= 15 is 0 Å². The van der Waals surface area contributed by atoms with Gasteiger partial charge in [0.25, 0.3) is 0 Å². The van der Waals surface area contributed by atoms with Crippen molar-refractivity contribution in [1.29, 1.82) is 0 Å². The van der Waals surface area contributed by atoms with Gasteiger partial charge in [-0.3, -0.25) is 9.88 Å². The SMILES string of the molecule is CN(Cc1cnc(N2CCOCC2)nc1)Cc1nc(-c2ccccn2)no1. The molecule has 0 N–H and O–H groups in total. The second-order valence-corrected chi connectivity index (χ2v) is 6.39. The average Bonchev–Trinajstić information content (AvgIpc) is 3.18. The van der Waals surface area contributed by atoms with E-state index in [-0.39, 0.29) is 0 Å². The summed E-state index contributed by atoms with van der Waals surface area (Å²) in [5.41, 5.74) is 1.72. The van der Waals surface area contributed by atoms with Crippen LogP contribution >= 0.6 is 0 Å². The molecule has 1 aliphatic rings. The van der Waals surface area contributed by atoms with Crippen LogP contribution < -0.4 is 4.90 Å². The maximum absolute atomic E-state index is 5.36. The van der Waals surface area contributed by atoms with Gasteiger partial charge in [-0.1, -0.05) is 11.2 Å². The first kappa shape index (κ1) is 17.5. The highest BCUT2D eigenvalue weighted by Gasteiger charge is 2.15. The Morgan fingerprint density at radius 2 is 1.89 bits per heavy atom. The van der Waals surface area contributed by atoms with Gasteiger partial charge in [0.1, 0.15) is 5.69 Å². The van der Waals surface area contributed by atoms with Gasteiger partial charge in [0, 0.05) is 43.8 Å². The molecular formula is C18H21N7O2. The van der Waals surface area contributed by atoms with Gasteiger partial charge in [0.2, 0.25) is 17.7 Å². The van der Waals surface area contributed by atoms with E-state index in [0.717, 1.165) is 37.8 Å². The monoisotopic (exact) mass is 367 g/mol. The average molecular weight is 367 g/mol. The molecule has 1 saturated heterocycles. The topological polar surface area (TPSA) is 93.3 Å². The molecule has 0 saturated carbocycles. The third kappa shape index (κ3) is 4.44. The number of pyridine rings is 1. The van der Waals surface area contributed by atoms with Crippen LogP contribution in [0.4, 0.5) is 5.95 Å². The highest BCUT2D eigenvalue weighted by molar-refractivity contribution is 5.47. The minimum absolute atomic E-state index is 0.497. The van der Waals surface area contributed by atoms with Crippen molar-refractivity contribution in [2.24, 2.45) is 0 Å². The fraction of sp³-hybridized carbons (Fsp3) is 0.389. The van der Waals surface area contributed by atoms with Crippen LogP contribution in [0.15, 0.2) is 41.3 Å². The van der Waals surface area contributed by atoms with Gasteiger partial charge in [-0.05, 0) is 19.2 Å². The molecule has 0 amide bonds.